The van der Waals surface area contributed by atoms with Crippen LogP contribution in [-0.2, 0) is 13.0 Å². The summed E-state index contributed by atoms with van der Waals surface area (Å²) in [7, 11) is 0. The van der Waals surface area contributed by atoms with Gasteiger partial charge in [0.2, 0.25) is 0 Å². The van der Waals surface area contributed by atoms with Gasteiger partial charge in [-0.25, -0.2) is 8.78 Å². The van der Waals surface area contributed by atoms with Crippen molar-refractivity contribution in [3.8, 4) is 0 Å². The van der Waals surface area contributed by atoms with Gasteiger partial charge in [0.25, 0.3) is 6.43 Å². The maximum Gasteiger partial charge on any atom is 0.257 e. The van der Waals surface area contributed by atoms with E-state index in [0.29, 0.717) is 0 Å². The Morgan fingerprint density at radius 3 is 2.72 bits per heavy atom. The molecule has 0 saturated heterocycles. The van der Waals surface area contributed by atoms with Gasteiger partial charge in [-0.05, 0) is 12.0 Å². The van der Waals surface area contributed by atoms with Crippen LogP contribution in [0.4, 0.5) is 14.5 Å². The Balaban J connectivity index is 1.78. The molecular formula is C13H15F2N3. The second-order valence-electron chi connectivity index (χ2n) is 4.00. The summed E-state index contributed by atoms with van der Waals surface area (Å²) in [6, 6.07) is 10.1. The summed E-state index contributed by atoms with van der Waals surface area (Å²) in [6.07, 6.45) is 1.67. The number of alkyl halides is 2. The van der Waals surface area contributed by atoms with Crippen LogP contribution >= 0.6 is 0 Å². The van der Waals surface area contributed by atoms with E-state index in [-0.39, 0.29) is 6.54 Å². The molecule has 1 aromatic heterocycles. The van der Waals surface area contributed by atoms with Gasteiger partial charge in [-0.2, -0.15) is 5.10 Å². The molecule has 5 heteroatoms. The van der Waals surface area contributed by atoms with Crippen LogP contribution < -0.4 is 5.32 Å². The van der Waals surface area contributed by atoms with E-state index < -0.39 is 6.43 Å². The van der Waals surface area contributed by atoms with E-state index in [2.05, 4.69) is 22.5 Å². The second-order valence-corrected chi connectivity index (χ2v) is 4.00. The van der Waals surface area contributed by atoms with Crippen LogP contribution in [0.2, 0.25) is 0 Å². The van der Waals surface area contributed by atoms with E-state index in [0.717, 1.165) is 18.7 Å². The molecule has 0 atom stereocenters. The Labute approximate surface area is 104 Å². The minimum atomic E-state index is -2.37. The summed E-state index contributed by atoms with van der Waals surface area (Å²) in [6.45, 7) is 0.394. The van der Waals surface area contributed by atoms with Crippen molar-refractivity contribution < 1.29 is 8.78 Å². The number of benzene rings is 1. The van der Waals surface area contributed by atoms with Gasteiger partial charge in [0, 0.05) is 12.7 Å². The lowest BCUT2D eigenvalue weighted by atomic mass is 10.1. The molecule has 3 nitrogen and oxygen atoms in total. The largest absolute Gasteiger partial charge is 0.382 e. The SMILES string of the molecule is FC(F)Cn1cc(NCCc2ccccc2)cn1. The fourth-order valence-corrected chi connectivity index (χ4v) is 1.69. The van der Waals surface area contributed by atoms with Crippen molar-refractivity contribution >= 4 is 5.69 Å². The quantitative estimate of drug-likeness (QED) is 0.855. The molecule has 2 rings (SSSR count). The molecule has 0 saturated carbocycles. The van der Waals surface area contributed by atoms with Gasteiger partial charge in [0.05, 0.1) is 11.9 Å². The zero-order chi connectivity index (χ0) is 12.8. The van der Waals surface area contributed by atoms with Gasteiger partial charge in [0.15, 0.2) is 0 Å². The maximum atomic E-state index is 12.1. The average molecular weight is 251 g/mol. The highest BCUT2D eigenvalue weighted by atomic mass is 19.3. The number of rotatable bonds is 6. The first-order valence-corrected chi connectivity index (χ1v) is 5.82. The Hall–Kier alpha value is -1.91. The van der Waals surface area contributed by atoms with Crippen molar-refractivity contribution in [3.63, 3.8) is 0 Å². The van der Waals surface area contributed by atoms with Gasteiger partial charge in [0.1, 0.15) is 6.54 Å². The molecule has 1 N–H and O–H groups in total. The Morgan fingerprint density at radius 2 is 2.00 bits per heavy atom. The standard InChI is InChI=1S/C13H15F2N3/c14-13(15)10-18-9-12(8-17-18)16-7-6-11-4-2-1-3-5-11/h1-5,8-9,13,16H,6-7,10H2. The van der Waals surface area contributed by atoms with E-state index in [1.165, 1.54) is 10.2 Å². The van der Waals surface area contributed by atoms with Crippen molar-refractivity contribution in [1.29, 1.82) is 0 Å². The highest BCUT2D eigenvalue weighted by Crippen LogP contribution is 2.07. The van der Waals surface area contributed by atoms with Gasteiger partial charge in [-0.1, -0.05) is 30.3 Å². The molecule has 2 aromatic rings. The third-order valence-corrected chi connectivity index (χ3v) is 2.54. The minimum Gasteiger partial charge on any atom is -0.382 e. The van der Waals surface area contributed by atoms with Crippen molar-refractivity contribution in [2.75, 3.05) is 11.9 Å². The first-order valence-electron chi connectivity index (χ1n) is 5.82. The van der Waals surface area contributed by atoms with Crippen LogP contribution in [-0.4, -0.2) is 22.8 Å². The number of halogens is 2. The first-order chi connectivity index (χ1) is 8.74. The molecule has 18 heavy (non-hydrogen) atoms. The molecule has 0 fully saturated rings. The van der Waals surface area contributed by atoms with Crippen molar-refractivity contribution in [1.82, 2.24) is 9.78 Å². The normalized spacial score (nSPS) is 10.8. The number of hydrogen-bond donors (Lipinski definition) is 1. The van der Waals surface area contributed by atoms with E-state index in [1.807, 2.05) is 18.2 Å². The molecule has 0 bridgehead atoms. The van der Waals surface area contributed by atoms with Gasteiger partial charge >= 0.3 is 0 Å². The maximum absolute atomic E-state index is 12.1. The lowest BCUT2D eigenvalue weighted by Gasteiger charge is -2.03. The predicted molar refractivity (Wildman–Crippen MR) is 66.9 cm³/mol. The van der Waals surface area contributed by atoms with Crippen LogP contribution in [0.25, 0.3) is 0 Å². The smallest absolute Gasteiger partial charge is 0.257 e. The summed E-state index contributed by atoms with van der Waals surface area (Å²) >= 11 is 0. The fraction of sp³-hybridized carbons (Fsp3) is 0.308. The zero-order valence-electron chi connectivity index (χ0n) is 9.89. The Morgan fingerprint density at radius 1 is 1.22 bits per heavy atom. The first kappa shape index (κ1) is 12.5. The molecule has 1 heterocycles. The molecule has 1 aromatic carbocycles. The Bertz CT molecular complexity index is 468. The number of nitrogens with one attached hydrogen (secondary N) is 1. The van der Waals surface area contributed by atoms with E-state index in [1.54, 1.807) is 12.4 Å². The third kappa shape index (κ3) is 3.84. The molecule has 0 radical (unpaired) electrons. The monoisotopic (exact) mass is 251 g/mol. The second kappa shape index (κ2) is 6.14. The number of nitrogens with zero attached hydrogens (tertiary/aromatic N) is 2. The fourth-order valence-electron chi connectivity index (χ4n) is 1.69. The van der Waals surface area contributed by atoms with Crippen LogP contribution in [0.3, 0.4) is 0 Å². The molecule has 0 amide bonds. The van der Waals surface area contributed by atoms with Crippen LogP contribution in [0.5, 0.6) is 0 Å². The minimum absolute atomic E-state index is 0.361. The highest BCUT2D eigenvalue weighted by molar-refractivity contribution is 5.38. The summed E-state index contributed by atoms with van der Waals surface area (Å²) < 4.78 is 25.5. The Kier molecular flexibility index (Phi) is 4.28. The average Bonchev–Trinajstić information content (AvgIpc) is 2.77. The van der Waals surface area contributed by atoms with E-state index >= 15 is 0 Å². The number of hydrogen-bond acceptors (Lipinski definition) is 2. The molecule has 0 aliphatic carbocycles. The predicted octanol–water partition coefficient (Wildman–Crippen LogP) is 2.80. The van der Waals surface area contributed by atoms with Gasteiger partial charge in [-0.15, -0.1) is 0 Å². The summed E-state index contributed by atoms with van der Waals surface area (Å²) in [4.78, 5) is 0. The molecule has 0 unspecified atom stereocenters. The summed E-state index contributed by atoms with van der Waals surface area (Å²) in [5.74, 6) is 0. The molecule has 0 aliphatic rings. The van der Waals surface area contributed by atoms with Crippen molar-refractivity contribution in [2.45, 2.75) is 19.4 Å². The topological polar surface area (TPSA) is 29.9 Å². The van der Waals surface area contributed by atoms with Crippen LogP contribution in [0.15, 0.2) is 42.7 Å². The molecule has 96 valence electrons. The lowest BCUT2D eigenvalue weighted by Crippen LogP contribution is -2.07. The zero-order valence-corrected chi connectivity index (χ0v) is 9.89. The van der Waals surface area contributed by atoms with Gasteiger partial charge in [-0.3, -0.25) is 4.68 Å². The summed E-state index contributed by atoms with van der Waals surface area (Å²) in [5.41, 5.74) is 2.01. The third-order valence-electron chi connectivity index (χ3n) is 2.54. The highest BCUT2D eigenvalue weighted by Gasteiger charge is 2.05. The molecular weight excluding hydrogens is 236 g/mol. The lowest BCUT2D eigenvalue weighted by molar-refractivity contribution is 0.122. The van der Waals surface area contributed by atoms with Gasteiger partial charge < -0.3 is 5.32 Å². The van der Waals surface area contributed by atoms with E-state index in [4.69, 9.17) is 0 Å². The van der Waals surface area contributed by atoms with E-state index in [9.17, 15) is 8.78 Å². The molecule has 0 spiro atoms. The van der Waals surface area contributed by atoms with Crippen LogP contribution in [0, 0.1) is 0 Å². The van der Waals surface area contributed by atoms with Crippen molar-refractivity contribution in [3.05, 3.63) is 48.3 Å². The summed E-state index contributed by atoms with van der Waals surface area (Å²) in [5, 5.41) is 7.01. The molecule has 0 aliphatic heterocycles. The van der Waals surface area contributed by atoms with Crippen LogP contribution in [0.1, 0.15) is 5.56 Å². The number of anilines is 1. The van der Waals surface area contributed by atoms with Crippen molar-refractivity contribution in [2.24, 2.45) is 0 Å². The number of aromatic nitrogens is 2.